The fourth-order valence-electron chi connectivity index (χ4n) is 2.04. The number of likely N-dealkylation sites (N-methyl/N-ethyl adjacent to an activating group) is 1. The van der Waals surface area contributed by atoms with Gasteiger partial charge in [0.15, 0.2) is 0 Å². The largest absolute Gasteiger partial charge is 0.348 e. The van der Waals surface area contributed by atoms with Gasteiger partial charge in [-0.05, 0) is 17.7 Å². The Morgan fingerprint density at radius 1 is 1.04 bits per heavy atom. The zero-order valence-corrected chi connectivity index (χ0v) is 16.2. The normalized spacial score (nSPS) is 12.8. The topological polar surface area (TPSA) is 70.6 Å². The van der Waals surface area contributed by atoms with Crippen LogP contribution in [-0.2, 0) is 14.8 Å². The van der Waals surface area contributed by atoms with Gasteiger partial charge in [0.2, 0.25) is 15.9 Å². The van der Waals surface area contributed by atoms with Gasteiger partial charge in [0.05, 0.1) is 5.03 Å². The third kappa shape index (κ3) is 4.59. The lowest BCUT2D eigenvalue weighted by Gasteiger charge is -2.20. The lowest BCUT2D eigenvalue weighted by Crippen LogP contribution is -2.26. The first-order valence-electron chi connectivity index (χ1n) is 7.55. The molecule has 134 valence electrons. The van der Waals surface area contributed by atoms with E-state index >= 15 is 0 Å². The second-order valence-electron chi connectivity index (χ2n) is 5.76. The maximum atomic E-state index is 12.5. The fourth-order valence-corrected chi connectivity index (χ4v) is 4.00. The number of hydrogen-bond acceptors (Lipinski definition) is 5. The van der Waals surface area contributed by atoms with Gasteiger partial charge in [0.1, 0.15) is 10.1 Å². The van der Waals surface area contributed by atoms with Gasteiger partial charge < -0.3 is 4.90 Å². The minimum Gasteiger partial charge on any atom is -0.348 e. The highest BCUT2D eigenvalue weighted by Gasteiger charge is 2.24. The molecule has 1 amide bonds. The molecule has 8 heteroatoms. The molecule has 0 saturated heterocycles. The molecular weight excluding hydrogens is 358 g/mol. The summed E-state index contributed by atoms with van der Waals surface area (Å²) in [6.07, 6.45) is 1.32. The number of benzene rings is 1. The summed E-state index contributed by atoms with van der Waals surface area (Å²) in [6, 6.07) is 12.6. The van der Waals surface area contributed by atoms with Crippen LogP contribution in [0.2, 0.25) is 0 Å². The Bertz CT molecular complexity index is 820. The van der Waals surface area contributed by atoms with Crippen LogP contribution in [0.1, 0.15) is 10.8 Å². The standard InChI is InChI=1S/C17H21N3O3S2/c1-19(2)17(21)16(13-8-6-5-7-9-13)24-15-11-10-14(12-18-15)25(22,23)20(3)4/h5-12,16H,1-4H3/t16-/m1/s1. The molecule has 1 heterocycles. The molecule has 1 aromatic carbocycles. The van der Waals surface area contributed by atoms with E-state index in [1.165, 1.54) is 43.0 Å². The lowest BCUT2D eigenvalue weighted by atomic mass is 10.1. The van der Waals surface area contributed by atoms with Gasteiger partial charge in [-0.3, -0.25) is 4.79 Å². The number of sulfonamides is 1. The molecule has 0 aliphatic rings. The summed E-state index contributed by atoms with van der Waals surface area (Å²) in [5.74, 6) is -0.0528. The molecule has 1 atom stereocenters. The third-order valence-electron chi connectivity index (χ3n) is 3.49. The maximum absolute atomic E-state index is 12.5. The van der Waals surface area contributed by atoms with Gasteiger partial charge in [-0.1, -0.05) is 42.1 Å². The zero-order chi connectivity index (χ0) is 18.6. The highest BCUT2D eigenvalue weighted by atomic mass is 32.2. The molecule has 0 aliphatic heterocycles. The second kappa shape index (κ2) is 7.99. The molecule has 0 fully saturated rings. The van der Waals surface area contributed by atoms with Gasteiger partial charge in [-0.25, -0.2) is 17.7 Å². The van der Waals surface area contributed by atoms with Crippen LogP contribution in [-0.4, -0.2) is 56.7 Å². The summed E-state index contributed by atoms with van der Waals surface area (Å²) in [4.78, 5) is 18.4. The summed E-state index contributed by atoms with van der Waals surface area (Å²) < 4.78 is 25.3. The molecule has 0 saturated carbocycles. The number of nitrogens with zero attached hydrogens (tertiary/aromatic N) is 3. The molecule has 0 aliphatic carbocycles. The molecule has 1 aromatic heterocycles. The Morgan fingerprint density at radius 3 is 2.16 bits per heavy atom. The van der Waals surface area contributed by atoms with Gasteiger partial charge in [-0.2, -0.15) is 0 Å². The number of carbonyl (C=O) groups excluding carboxylic acids is 1. The van der Waals surface area contributed by atoms with Crippen LogP contribution in [0, 0.1) is 0 Å². The van der Waals surface area contributed by atoms with Crippen molar-refractivity contribution in [2.75, 3.05) is 28.2 Å². The van der Waals surface area contributed by atoms with Crippen molar-refractivity contribution in [3.8, 4) is 0 Å². The highest BCUT2D eigenvalue weighted by Crippen LogP contribution is 2.35. The van der Waals surface area contributed by atoms with Crippen LogP contribution in [0.25, 0.3) is 0 Å². The SMILES string of the molecule is CN(C)C(=O)[C@H](Sc1ccc(S(=O)(=O)N(C)C)cn1)c1ccccc1. The predicted octanol–water partition coefficient (Wildman–Crippen LogP) is 2.25. The fraction of sp³-hybridized carbons (Fsp3) is 0.294. The average Bonchev–Trinajstić information content (AvgIpc) is 2.60. The van der Waals surface area contributed by atoms with E-state index in [1.54, 1.807) is 20.2 Å². The van der Waals surface area contributed by atoms with Crippen LogP contribution in [0.15, 0.2) is 58.6 Å². The Balaban J connectivity index is 2.29. The van der Waals surface area contributed by atoms with E-state index in [9.17, 15) is 13.2 Å². The second-order valence-corrected chi connectivity index (χ2v) is 9.04. The smallest absolute Gasteiger partial charge is 0.244 e. The molecule has 2 aromatic rings. The van der Waals surface area contributed by atoms with Crippen molar-refractivity contribution in [1.29, 1.82) is 0 Å². The Labute approximate surface area is 152 Å². The van der Waals surface area contributed by atoms with E-state index in [4.69, 9.17) is 0 Å². The van der Waals surface area contributed by atoms with E-state index < -0.39 is 15.3 Å². The molecule has 6 nitrogen and oxygen atoms in total. The first-order chi connectivity index (χ1) is 11.7. The number of aromatic nitrogens is 1. The highest BCUT2D eigenvalue weighted by molar-refractivity contribution is 8.00. The number of pyridine rings is 1. The molecule has 0 unspecified atom stereocenters. The molecule has 2 rings (SSSR count). The summed E-state index contributed by atoms with van der Waals surface area (Å²) in [6.45, 7) is 0. The zero-order valence-electron chi connectivity index (χ0n) is 14.6. The minimum absolute atomic E-state index is 0.0528. The number of rotatable bonds is 6. The van der Waals surface area contributed by atoms with Crippen molar-refractivity contribution < 1.29 is 13.2 Å². The Kier molecular flexibility index (Phi) is 6.21. The van der Waals surface area contributed by atoms with Crippen LogP contribution in [0.5, 0.6) is 0 Å². The van der Waals surface area contributed by atoms with Gasteiger partial charge in [-0.15, -0.1) is 0 Å². The van der Waals surface area contributed by atoms with Crippen molar-refractivity contribution in [2.24, 2.45) is 0 Å². The monoisotopic (exact) mass is 379 g/mol. The quantitative estimate of drug-likeness (QED) is 0.720. The van der Waals surface area contributed by atoms with Gasteiger partial charge >= 0.3 is 0 Å². The first-order valence-corrected chi connectivity index (χ1v) is 9.87. The Morgan fingerprint density at radius 2 is 1.68 bits per heavy atom. The first kappa shape index (κ1) is 19.4. The van der Waals surface area contributed by atoms with Crippen molar-refractivity contribution in [1.82, 2.24) is 14.2 Å². The Hall–Kier alpha value is -1.90. The van der Waals surface area contributed by atoms with Crippen molar-refractivity contribution >= 4 is 27.7 Å². The molecular formula is C17H21N3O3S2. The third-order valence-corrected chi connectivity index (χ3v) is 6.48. The minimum atomic E-state index is -3.52. The number of hydrogen-bond donors (Lipinski definition) is 0. The van der Waals surface area contributed by atoms with Crippen molar-refractivity contribution in [3.05, 3.63) is 54.2 Å². The molecule has 0 bridgehead atoms. The molecule has 0 N–H and O–H groups in total. The summed E-state index contributed by atoms with van der Waals surface area (Å²) in [5.41, 5.74) is 0.873. The number of amides is 1. The van der Waals surface area contributed by atoms with E-state index in [-0.39, 0.29) is 10.8 Å². The summed E-state index contributed by atoms with van der Waals surface area (Å²) in [7, 11) is 2.84. The summed E-state index contributed by atoms with van der Waals surface area (Å²) >= 11 is 1.30. The maximum Gasteiger partial charge on any atom is 0.244 e. The molecule has 25 heavy (non-hydrogen) atoms. The van der Waals surface area contributed by atoms with E-state index in [0.717, 1.165) is 9.87 Å². The van der Waals surface area contributed by atoms with Crippen LogP contribution < -0.4 is 0 Å². The van der Waals surface area contributed by atoms with E-state index in [0.29, 0.717) is 5.03 Å². The van der Waals surface area contributed by atoms with E-state index in [2.05, 4.69) is 4.98 Å². The molecule has 0 radical (unpaired) electrons. The van der Waals surface area contributed by atoms with Crippen LogP contribution in [0.3, 0.4) is 0 Å². The van der Waals surface area contributed by atoms with Gasteiger partial charge in [0.25, 0.3) is 0 Å². The lowest BCUT2D eigenvalue weighted by molar-refractivity contribution is -0.128. The number of thioether (sulfide) groups is 1. The van der Waals surface area contributed by atoms with Gasteiger partial charge in [0, 0.05) is 34.4 Å². The average molecular weight is 380 g/mol. The van der Waals surface area contributed by atoms with Crippen molar-refractivity contribution in [2.45, 2.75) is 15.2 Å². The van der Waals surface area contributed by atoms with Crippen LogP contribution >= 0.6 is 11.8 Å². The van der Waals surface area contributed by atoms with E-state index in [1.807, 2.05) is 30.3 Å². The predicted molar refractivity (Wildman–Crippen MR) is 98.8 cm³/mol. The van der Waals surface area contributed by atoms with Crippen LogP contribution in [0.4, 0.5) is 0 Å². The summed E-state index contributed by atoms with van der Waals surface area (Å²) in [5, 5.41) is 0.141. The number of carbonyl (C=O) groups is 1. The van der Waals surface area contributed by atoms with Crippen molar-refractivity contribution in [3.63, 3.8) is 0 Å². The molecule has 0 spiro atoms.